The molecule has 0 spiro atoms. The Morgan fingerprint density at radius 1 is 1.12 bits per heavy atom. The lowest BCUT2D eigenvalue weighted by Crippen LogP contribution is -2.14. The van der Waals surface area contributed by atoms with Gasteiger partial charge < -0.3 is 20.1 Å². The van der Waals surface area contributed by atoms with Gasteiger partial charge in [0, 0.05) is 36.4 Å². The number of pyridine rings is 1. The molecule has 3 aromatic rings. The highest BCUT2D eigenvalue weighted by molar-refractivity contribution is 6.34. The third-order valence-corrected chi connectivity index (χ3v) is 5.36. The first-order valence-electron chi connectivity index (χ1n) is 10.3. The van der Waals surface area contributed by atoms with Crippen LogP contribution in [0.3, 0.4) is 0 Å². The molecule has 1 unspecified atom stereocenters. The van der Waals surface area contributed by atoms with Crippen molar-refractivity contribution in [2.75, 3.05) is 23.8 Å². The number of nitrogens with zero attached hydrogens (tertiary/aromatic N) is 2. The zero-order valence-corrected chi connectivity index (χ0v) is 18.5. The third-order valence-electron chi connectivity index (χ3n) is 5.05. The van der Waals surface area contributed by atoms with E-state index in [0.717, 1.165) is 12.1 Å². The summed E-state index contributed by atoms with van der Waals surface area (Å²) < 4.78 is 11.2. The standard InChI is InChI=1S/C23H21ClN4O5/c1-14(17-5-2-3-8-25-17)26-18-7-6-15(11-20(18)28(30)31)23(29)27-19-13-22-21(12-16(19)24)32-9-4-10-33-22/h2-3,5-8,11-14,26H,4,9-10H2,1H3,(H,27,29). The number of hydrogen-bond donors (Lipinski definition) is 2. The van der Waals surface area contributed by atoms with Crippen LogP contribution in [0.25, 0.3) is 0 Å². The summed E-state index contributed by atoms with van der Waals surface area (Å²) in [5.41, 5.74) is 1.22. The number of amides is 1. The minimum atomic E-state index is -0.543. The van der Waals surface area contributed by atoms with E-state index in [-0.39, 0.29) is 28.0 Å². The number of benzene rings is 2. The highest BCUT2D eigenvalue weighted by Gasteiger charge is 2.21. The van der Waals surface area contributed by atoms with Gasteiger partial charge in [-0.05, 0) is 31.2 Å². The Labute approximate surface area is 194 Å². The van der Waals surface area contributed by atoms with Gasteiger partial charge in [0.25, 0.3) is 11.6 Å². The second-order valence-electron chi connectivity index (χ2n) is 7.39. The summed E-state index contributed by atoms with van der Waals surface area (Å²) in [5, 5.41) is 17.7. The lowest BCUT2D eigenvalue weighted by molar-refractivity contribution is -0.384. The molecule has 0 bridgehead atoms. The smallest absolute Gasteiger partial charge is 0.293 e. The Kier molecular flexibility index (Phi) is 6.60. The maximum atomic E-state index is 12.8. The first-order chi connectivity index (χ1) is 15.9. The van der Waals surface area contributed by atoms with Gasteiger partial charge in [-0.1, -0.05) is 17.7 Å². The number of hydrogen-bond acceptors (Lipinski definition) is 7. The lowest BCUT2D eigenvalue weighted by Gasteiger charge is -2.15. The van der Waals surface area contributed by atoms with E-state index in [2.05, 4.69) is 15.6 Å². The summed E-state index contributed by atoms with van der Waals surface area (Å²) in [6.07, 6.45) is 2.39. The molecule has 2 heterocycles. The molecular weight excluding hydrogens is 448 g/mol. The summed E-state index contributed by atoms with van der Waals surface area (Å²) >= 11 is 6.29. The van der Waals surface area contributed by atoms with Gasteiger partial charge in [0.1, 0.15) is 5.69 Å². The molecule has 10 heteroatoms. The van der Waals surface area contributed by atoms with E-state index in [1.165, 1.54) is 18.2 Å². The molecule has 0 saturated heterocycles. The molecule has 0 radical (unpaired) electrons. The van der Waals surface area contributed by atoms with Crippen molar-refractivity contribution in [2.45, 2.75) is 19.4 Å². The van der Waals surface area contributed by atoms with Crippen molar-refractivity contribution in [3.8, 4) is 11.5 Å². The van der Waals surface area contributed by atoms with Crippen molar-refractivity contribution >= 4 is 34.6 Å². The molecule has 2 N–H and O–H groups in total. The summed E-state index contributed by atoms with van der Waals surface area (Å²) in [6.45, 7) is 2.84. The van der Waals surface area contributed by atoms with Crippen molar-refractivity contribution in [1.82, 2.24) is 4.98 Å². The average Bonchev–Trinajstić information content (AvgIpc) is 3.04. The van der Waals surface area contributed by atoms with E-state index in [9.17, 15) is 14.9 Å². The normalized spacial score (nSPS) is 13.5. The highest BCUT2D eigenvalue weighted by atomic mass is 35.5. The van der Waals surface area contributed by atoms with E-state index in [1.807, 2.05) is 19.1 Å². The van der Waals surface area contributed by atoms with Crippen molar-refractivity contribution in [1.29, 1.82) is 0 Å². The fourth-order valence-corrected chi connectivity index (χ4v) is 3.56. The molecule has 0 saturated carbocycles. The van der Waals surface area contributed by atoms with E-state index >= 15 is 0 Å². The van der Waals surface area contributed by atoms with Crippen LogP contribution in [0.15, 0.2) is 54.7 Å². The molecule has 170 valence electrons. The molecule has 9 nitrogen and oxygen atoms in total. The van der Waals surface area contributed by atoms with Crippen molar-refractivity contribution in [2.24, 2.45) is 0 Å². The Hall–Kier alpha value is -3.85. The molecule has 0 fully saturated rings. The number of fused-ring (bicyclic) bond motifs is 1. The summed E-state index contributed by atoms with van der Waals surface area (Å²) in [5.74, 6) is 0.434. The zero-order valence-electron chi connectivity index (χ0n) is 17.7. The Morgan fingerprint density at radius 3 is 2.58 bits per heavy atom. The number of halogens is 1. The molecule has 1 aliphatic heterocycles. The Balaban J connectivity index is 1.55. The van der Waals surface area contributed by atoms with Gasteiger partial charge in [0.2, 0.25) is 0 Å². The van der Waals surface area contributed by atoms with E-state index in [0.29, 0.717) is 30.4 Å². The van der Waals surface area contributed by atoms with Crippen molar-refractivity contribution in [3.63, 3.8) is 0 Å². The first-order valence-corrected chi connectivity index (χ1v) is 10.7. The number of carbonyl (C=O) groups is 1. The minimum Gasteiger partial charge on any atom is -0.490 e. The van der Waals surface area contributed by atoms with Crippen LogP contribution in [-0.4, -0.2) is 29.0 Å². The van der Waals surface area contributed by atoms with E-state index in [4.69, 9.17) is 21.1 Å². The SMILES string of the molecule is CC(Nc1ccc(C(=O)Nc2cc3c(cc2Cl)OCCCO3)cc1[N+](=O)[O-])c1ccccn1. The van der Waals surface area contributed by atoms with Gasteiger partial charge in [0.05, 0.1) is 40.6 Å². The average molecular weight is 469 g/mol. The molecule has 4 rings (SSSR count). The monoisotopic (exact) mass is 468 g/mol. The number of nitrogens with one attached hydrogen (secondary N) is 2. The number of nitro groups is 1. The van der Waals surface area contributed by atoms with Crippen LogP contribution in [0.2, 0.25) is 5.02 Å². The molecule has 1 aromatic heterocycles. The molecular formula is C23H21ClN4O5. The molecule has 33 heavy (non-hydrogen) atoms. The molecule has 1 amide bonds. The number of aromatic nitrogens is 1. The zero-order chi connectivity index (χ0) is 23.4. The van der Waals surface area contributed by atoms with E-state index in [1.54, 1.807) is 24.4 Å². The number of anilines is 2. The number of nitro benzene ring substituents is 1. The van der Waals surface area contributed by atoms with Gasteiger partial charge in [-0.2, -0.15) is 0 Å². The van der Waals surface area contributed by atoms with Gasteiger partial charge >= 0.3 is 0 Å². The maximum Gasteiger partial charge on any atom is 0.293 e. The Morgan fingerprint density at radius 2 is 1.88 bits per heavy atom. The van der Waals surface area contributed by atoms with Crippen LogP contribution in [0, 0.1) is 10.1 Å². The minimum absolute atomic E-state index is 0.112. The van der Waals surface area contributed by atoms with Crippen LogP contribution in [0.1, 0.15) is 35.4 Å². The largest absolute Gasteiger partial charge is 0.490 e. The second-order valence-corrected chi connectivity index (χ2v) is 7.80. The number of carbonyl (C=O) groups excluding carboxylic acids is 1. The van der Waals surface area contributed by atoms with Crippen LogP contribution in [0.5, 0.6) is 11.5 Å². The highest BCUT2D eigenvalue weighted by Crippen LogP contribution is 2.38. The first kappa shape index (κ1) is 22.3. The van der Waals surface area contributed by atoms with Gasteiger partial charge in [0.15, 0.2) is 11.5 Å². The lowest BCUT2D eigenvalue weighted by atomic mass is 10.1. The quantitative estimate of drug-likeness (QED) is 0.376. The Bertz CT molecular complexity index is 1190. The summed E-state index contributed by atoms with van der Waals surface area (Å²) in [6, 6.07) is 12.6. The molecule has 1 atom stereocenters. The van der Waals surface area contributed by atoms with Crippen LogP contribution in [-0.2, 0) is 0 Å². The maximum absolute atomic E-state index is 12.8. The third kappa shape index (κ3) is 5.15. The predicted molar refractivity (Wildman–Crippen MR) is 124 cm³/mol. The van der Waals surface area contributed by atoms with E-state index < -0.39 is 10.8 Å². The molecule has 1 aliphatic rings. The fraction of sp³-hybridized carbons (Fsp3) is 0.217. The molecule has 0 aliphatic carbocycles. The number of rotatable bonds is 6. The molecule has 2 aromatic carbocycles. The summed E-state index contributed by atoms with van der Waals surface area (Å²) in [7, 11) is 0. The van der Waals surface area contributed by atoms with Crippen LogP contribution < -0.4 is 20.1 Å². The van der Waals surface area contributed by atoms with Crippen molar-refractivity contribution < 1.29 is 19.2 Å². The van der Waals surface area contributed by atoms with Gasteiger partial charge in [-0.25, -0.2) is 0 Å². The van der Waals surface area contributed by atoms with Crippen LogP contribution in [0.4, 0.5) is 17.1 Å². The number of ether oxygens (including phenoxy) is 2. The van der Waals surface area contributed by atoms with Crippen LogP contribution >= 0.6 is 11.6 Å². The van der Waals surface area contributed by atoms with Gasteiger partial charge in [-0.15, -0.1) is 0 Å². The van der Waals surface area contributed by atoms with Crippen molar-refractivity contribution in [3.05, 3.63) is 81.1 Å². The topological polar surface area (TPSA) is 116 Å². The summed E-state index contributed by atoms with van der Waals surface area (Å²) in [4.78, 5) is 28.2. The second kappa shape index (κ2) is 9.74. The van der Waals surface area contributed by atoms with Gasteiger partial charge in [-0.3, -0.25) is 19.9 Å². The predicted octanol–water partition coefficient (Wildman–Crippen LogP) is 5.23. The fourth-order valence-electron chi connectivity index (χ4n) is 3.36.